The average Bonchev–Trinajstić information content (AvgIpc) is 2.48. The number of halogens is 3. The fraction of sp³-hybridized carbons (Fsp3) is 0.385. The lowest BCUT2D eigenvalue weighted by Crippen LogP contribution is -2.51. The zero-order chi connectivity index (χ0) is 17.0. The molecule has 2 rings (SSSR count). The first-order valence-corrected chi connectivity index (χ1v) is 7.39. The van der Waals surface area contributed by atoms with Crippen molar-refractivity contribution in [2.24, 2.45) is 5.73 Å². The van der Waals surface area contributed by atoms with E-state index in [0.717, 1.165) is 0 Å². The number of ether oxygens (including phenoxy) is 1. The number of carbonyl (C=O) groups is 2. The molecule has 1 atom stereocenters. The second-order valence-electron chi connectivity index (χ2n) is 4.71. The number of benzene rings is 1. The van der Waals surface area contributed by atoms with Gasteiger partial charge in [-0.3, -0.25) is 4.79 Å². The second kappa shape index (κ2) is 7.09. The standard InChI is InChI=1S/C13H14F3N3O3S/c14-13(15,16)23-9-3-1-8(2-4-9)18-12(21)19-5-6-22-10(7-19)11(17)20/h1-4,10H,5-7H2,(H2,17,20)(H,18,21)/t10-/m0/s1. The highest BCUT2D eigenvalue weighted by Crippen LogP contribution is 2.37. The lowest BCUT2D eigenvalue weighted by Gasteiger charge is -2.31. The van der Waals surface area contributed by atoms with Crippen molar-refractivity contribution in [2.75, 3.05) is 25.0 Å². The molecule has 126 valence electrons. The third kappa shape index (κ3) is 5.32. The van der Waals surface area contributed by atoms with Gasteiger partial charge in [-0.15, -0.1) is 0 Å². The molecule has 0 aliphatic carbocycles. The number of alkyl halides is 3. The van der Waals surface area contributed by atoms with Crippen molar-refractivity contribution in [3.05, 3.63) is 24.3 Å². The van der Waals surface area contributed by atoms with E-state index in [-0.39, 0.29) is 36.4 Å². The van der Waals surface area contributed by atoms with Gasteiger partial charge in [0.05, 0.1) is 13.2 Å². The fourth-order valence-electron chi connectivity index (χ4n) is 1.95. The summed E-state index contributed by atoms with van der Waals surface area (Å²) in [6.07, 6.45) is -0.861. The molecule has 6 nitrogen and oxygen atoms in total. The summed E-state index contributed by atoms with van der Waals surface area (Å²) in [5.74, 6) is -0.656. The van der Waals surface area contributed by atoms with Crippen molar-refractivity contribution in [2.45, 2.75) is 16.5 Å². The number of urea groups is 1. The van der Waals surface area contributed by atoms with Gasteiger partial charge in [-0.1, -0.05) is 0 Å². The van der Waals surface area contributed by atoms with Crippen molar-refractivity contribution >= 4 is 29.4 Å². The zero-order valence-electron chi connectivity index (χ0n) is 11.8. The molecule has 1 fully saturated rings. The van der Waals surface area contributed by atoms with Gasteiger partial charge >= 0.3 is 11.5 Å². The molecular weight excluding hydrogens is 335 g/mol. The van der Waals surface area contributed by atoms with Gasteiger partial charge in [0, 0.05) is 17.1 Å². The molecule has 1 aromatic carbocycles. The minimum atomic E-state index is -4.36. The number of nitrogens with one attached hydrogen (secondary N) is 1. The Kier molecular flexibility index (Phi) is 5.37. The molecule has 0 aromatic heterocycles. The molecule has 0 unspecified atom stereocenters. The number of nitrogens with two attached hydrogens (primary N) is 1. The topological polar surface area (TPSA) is 84.7 Å². The monoisotopic (exact) mass is 349 g/mol. The summed E-state index contributed by atoms with van der Waals surface area (Å²) >= 11 is -0.231. The summed E-state index contributed by atoms with van der Waals surface area (Å²) in [5.41, 5.74) is 1.12. The number of anilines is 1. The first-order chi connectivity index (χ1) is 10.7. The molecule has 1 heterocycles. The third-order valence-electron chi connectivity index (χ3n) is 3.01. The molecule has 1 aliphatic rings. The Morgan fingerprint density at radius 2 is 1.96 bits per heavy atom. The molecule has 0 spiro atoms. The number of hydrogen-bond donors (Lipinski definition) is 2. The minimum absolute atomic E-state index is 0.0238. The first kappa shape index (κ1) is 17.4. The van der Waals surface area contributed by atoms with Gasteiger partial charge in [0.2, 0.25) is 5.91 Å². The van der Waals surface area contributed by atoms with Gasteiger partial charge in [0.15, 0.2) is 6.10 Å². The molecule has 1 aromatic rings. The molecule has 3 N–H and O–H groups in total. The summed E-state index contributed by atoms with van der Waals surface area (Å²) in [5, 5.41) is 2.55. The summed E-state index contributed by atoms with van der Waals surface area (Å²) in [7, 11) is 0. The summed E-state index contributed by atoms with van der Waals surface area (Å²) in [6, 6.07) is 4.80. The largest absolute Gasteiger partial charge is 0.446 e. The predicted molar refractivity (Wildman–Crippen MR) is 77.9 cm³/mol. The number of hydrogen-bond acceptors (Lipinski definition) is 4. The van der Waals surface area contributed by atoms with Gasteiger partial charge in [0.25, 0.3) is 0 Å². The number of thioether (sulfide) groups is 1. The molecule has 0 saturated carbocycles. The van der Waals surface area contributed by atoms with E-state index in [1.807, 2.05) is 0 Å². The maximum atomic E-state index is 12.2. The first-order valence-electron chi connectivity index (χ1n) is 6.57. The van der Waals surface area contributed by atoms with Crippen LogP contribution in [0.4, 0.5) is 23.7 Å². The SMILES string of the molecule is NC(=O)[C@@H]1CN(C(=O)Nc2ccc(SC(F)(F)F)cc2)CCO1. The molecule has 1 saturated heterocycles. The van der Waals surface area contributed by atoms with Crippen molar-refractivity contribution < 1.29 is 27.5 Å². The van der Waals surface area contributed by atoms with E-state index in [9.17, 15) is 22.8 Å². The highest BCUT2D eigenvalue weighted by atomic mass is 32.2. The van der Waals surface area contributed by atoms with Crippen molar-refractivity contribution in [3.63, 3.8) is 0 Å². The van der Waals surface area contributed by atoms with Crippen LogP contribution in [0.1, 0.15) is 0 Å². The molecule has 10 heteroatoms. The van der Waals surface area contributed by atoms with Crippen LogP contribution in [0.25, 0.3) is 0 Å². The van der Waals surface area contributed by atoms with Crippen LogP contribution in [0.2, 0.25) is 0 Å². The average molecular weight is 349 g/mol. The zero-order valence-corrected chi connectivity index (χ0v) is 12.6. The number of carbonyl (C=O) groups excluding carboxylic acids is 2. The Morgan fingerprint density at radius 1 is 1.30 bits per heavy atom. The van der Waals surface area contributed by atoms with E-state index in [1.165, 1.54) is 29.2 Å². The van der Waals surface area contributed by atoms with E-state index in [0.29, 0.717) is 5.69 Å². The van der Waals surface area contributed by atoms with Crippen LogP contribution in [-0.4, -0.2) is 48.1 Å². The van der Waals surface area contributed by atoms with Crippen LogP contribution >= 0.6 is 11.8 Å². The van der Waals surface area contributed by atoms with Gasteiger partial charge in [0.1, 0.15) is 0 Å². The summed E-state index contributed by atoms with van der Waals surface area (Å²) < 4.78 is 41.8. The Balaban J connectivity index is 1.93. The molecule has 0 bridgehead atoms. The number of morpholine rings is 1. The highest BCUT2D eigenvalue weighted by molar-refractivity contribution is 8.00. The van der Waals surface area contributed by atoms with E-state index >= 15 is 0 Å². The molecule has 23 heavy (non-hydrogen) atoms. The maximum absolute atomic E-state index is 12.2. The number of amides is 3. The van der Waals surface area contributed by atoms with Crippen LogP contribution in [0.3, 0.4) is 0 Å². The highest BCUT2D eigenvalue weighted by Gasteiger charge is 2.29. The van der Waals surface area contributed by atoms with Gasteiger partial charge in [-0.05, 0) is 36.0 Å². The van der Waals surface area contributed by atoms with Crippen LogP contribution in [0.15, 0.2) is 29.2 Å². The molecule has 3 amide bonds. The molecule has 1 aliphatic heterocycles. The Hall–Kier alpha value is -1.94. The summed E-state index contributed by atoms with van der Waals surface area (Å²) in [4.78, 5) is 24.5. The van der Waals surface area contributed by atoms with Crippen LogP contribution in [0.5, 0.6) is 0 Å². The van der Waals surface area contributed by atoms with Crippen molar-refractivity contribution in [1.82, 2.24) is 4.90 Å². The quantitative estimate of drug-likeness (QED) is 0.818. The second-order valence-corrected chi connectivity index (χ2v) is 5.85. The van der Waals surface area contributed by atoms with E-state index in [2.05, 4.69) is 5.32 Å². The maximum Gasteiger partial charge on any atom is 0.446 e. The lowest BCUT2D eigenvalue weighted by atomic mass is 10.2. The summed E-state index contributed by atoms with van der Waals surface area (Å²) in [6.45, 7) is 0.503. The van der Waals surface area contributed by atoms with E-state index in [4.69, 9.17) is 10.5 Å². The number of nitrogens with zero attached hydrogens (tertiary/aromatic N) is 1. The van der Waals surface area contributed by atoms with Gasteiger partial charge in [-0.25, -0.2) is 4.79 Å². The minimum Gasteiger partial charge on any atom is -0.367 e. The smallest absolute Gasteiger partial charge is 0.367 e. The lowest BCUT2D eigenvalue weighted by molar-refractivity contribution is -0.133. The van der Waals surface area contributed by atoms with Crippen molar-refractivity contribution in [1.29, 1.82) is 0 Å². The fourth-order valence-corrected chi connectivity index (χ4v) is 2.49. The Labute approximate surface area is 134 Å². The van der Waals surface area contributed by atoms with Crippen LogP contribution in [0, 0.1) is 0 Å². The number of primary amides is 1. The van der Waals surface area contributed by atoms with Crippen LogP contribution in [-0.2, 0) is 9.53 Å². The normalized spacial score (nSPS) is 18.6. The third-order valence-corrected chi connectivity index (χ3v) is 3.75. The predicted octanol–water partition coefficient (Wildman–Crippen LogP) is 2.02. The Bertz CT molecular complexity index is 580. The molecular formula is C13H14F3N3O3S. The van der Waals surface area contributed by atoms with E-state index in [1.54, 1.807) is 0 Å². The van der Waals surface area contributed by atoms with Crippen LogP contribution < -0.4 is 11.1 Å². The number of rotatable bonds is 3. The van der Waals surface area contributed by atoms with Gasteiger partial charge in [-0.2, -0.15) is 13.2 Å². The Morgan fingerprint density at radius 3 is 2.52 bits per heavy atom. The van der Waals surface area contributed by atoms with Crippen molar-refractivity contribution in [3.8, 4) is 0 Å². The molecule has 0 radical (unpaired) electrons. The van der Waals surface area contributed by atoms with Gasteiger partial charge < -0.3 is 20.7 Å². The van der Waals surface area contributed by atoms with E-state index < -0.39 is 23.6 Å².